The molecule has 1 rings (SSSR count). The minimum atomic E-state index is -4.32. The predicted molar refractivity (Wildman–Crippen MR) is 71.2 cm³/mol. The first-order valence-corrected chi connectivity index (χ1v) is 9.48. The second-order valence-electron chi connectivity index (χ2n) is 4.30. The molecule has 0 heterocycles. The van der Waals surface area contributed by atoms with Crippen molar-refractivity contribution in [2.45, 2.75) is 39.2 Å². The van der Waals surface area contributed by atoms with Crippen molar-refractivity contribution in [3.8, 4) is 0 Å². The van der Waals surface area contributed by atoms with Crippen LogP contribution in [0, 0.1) is 0 Å². The molecular formula is C13H21NO3Se. The van der Waals surface area contributed by atoms with Gasteiger partial charge in [0.25, 0.3) is 0 Å². The van der Waals surface area contributed by atoms with Gasteiger partial charge in [0.2, 0.25) is 0 Å². The Morgan fingerprint density at radius 2 is 1.78 bits per heavy atom. The minimum absolute atomic E-state index is 0.206. The number of nitrogens with two attached hydrogens (primary N) is 1. The third-order valence-electron chi connectivity index (χ3n) is 2.66. The van der Waals surface area contributed by atoms with Crippen LogP contribution in [0.4, 0.5) is 0 Å². The number of ether oxygens (including phenoxy) is 1. The zero-order chi connectivity index (χ0) is 13.4. The van der Waals surface area contributed by atoms with E-state index in [2.05, 4.69) is 6.92 Å². The maximum atomic E-state index is 11.1. The van der Waals surface area contributed by atoms with Gasteiger partial charge in [-0.15, -0.1) is 0 Å². The number of benzene rings is 1. The normalized spacial score (nSPS) is 11.7. The third kappa shape index (κ3) is 5.74. The van der Waals surface area contributed by atoms with Crippen LogP contribution < -0.4 is 9.21 Å². The Balaban J connectivity index is 2.32. The molecule has 0 aliphatic heterocycles. The first kappa shape index (κ1) is 15.3. The van der Waals surface area contributed by atoms with Crippen LogP contribution in [0.5, 0.6) is 0 Å². The van der Waals surface area contributed by atoms with E-state index in [0.717, 1.165) is 18.6 Å². The van der Waals surface area contributed by atoms with Gasteiger partial charge < -0.3 is 0 Å². The Hall–Kier alpha value is -0.741. The van der Waals surface area contributed by atoms with Gasteiger partial charge in [-0.1, -0.05) is 0 Å². The van der Waals surface area contributed by atoms with Crippen molar-refractivity contribution in [3.05, 3.63) is 29.8 Å². The molecule has 2 N–H and O–H groups in total. The van der Waals surface area contributed by atoms with Gasteiger partial charge in [0, 0.05) is 0 Å². The van der Waals surface area contributed by atoms with E-state index >= 15 is 0 Å². The van der Waals surface area contributed by atoms with Crippen LogP contribution in [-0.2, 0) is 19.0 Å². The Kier molecular flexibility index (Phi) is 6.50. The van der Waals surface area contributed by atoms with Crippen LogP contribution in [-0.4, -0.2) is 19.5 Å². The second kappa shape index (κ2) is 7.64. The van der Waals surface area contributed by atoms with Gasteiger partial charge in [0.05, 0.1) is 0 Å². The van der Waals surface area contributed by atoms with E-state index in [-0.39, 0.29) is 4.46 Å². The van der Waals surface area contributed by atoms with E-state index in [1.54, 1.807) is 12.1 Å². The quantitative estimate of drug-likeness (QED) is 0.586. The molecule has 18 heavy (non-hydrogen) atoms. The Morgan fingerprint density at radius 1 is 1.11 bits per heavy atom. The second-order valence-corrected chi connectivity index (χ2v) is 7.58. The van der Waals surface area contributed by atoms with Crippen LogP contribution in [0.25, 0.3) is 0 Å². The summed E-state index contributed by atoms with van der Waals surface area (Å²) in [6.45, 7) is 3.45. The number of hydrogen-bond acceptors (Lipinski definition) is 3. The van der Waals surface area contributed by atoms with Crippen LogP contribution in [0.1, 0.15) is 38.2 Å². The molecule has 0 atom stereocenters. The molecule has 0 fully saturated rings. The topological polar surface area (TPSA) is 69.4 Å². The molecule has 0 saturated carbocycles. The summed E-state index contributed by atoms with van der Waals surface area (Å²) in [6.07, 6.45) is 4.74. The van der Waals surface area contributed by atoms with Gasteiger partial charge in [-0.05, 0) is 0 Å². The van der Waals surface area contributed by atoms with Crippen molar-refractivity contribution in [1.29, 1.82) is 0 Å². The molecule has 0 saturated heterocycles. The molecule has 0 unspecified atom stereocenters. The molecule has 1 aromatic carbocycles. The van der Waals surface area contributed by atoms with Gasteiger partial charge in [0.15, 0.2) is 0 Å². The average molecular weight is 318 g/mol. The molecule has 0 aliphatic rings. The number of rotatable bonds is 8. The molecule has 0 aromatic heterocycles. The van der Waals surface area contributed by atoms with Gasteiger partial charge in [-0.25, -0.2) is 0 Å². The van der Waals surface area contributed by atoms with E-state index in [9.17, 15) is 7.67 Å². The van der Waals surface area contributed by atoms with Gasteiger partial charge in [-0.2, -0.15) is 0 Å². The average Bonchev–Trinajstić information content (AvgIpc) is 2.33. The van der Waals surface area contributed by atoms with Crippen molar-refractivity contribution in [3.63, 3.8) is 0 Å². The summed E-state index contributed by atoms with van der Waals surface area (Å²) in [5.41, 5.74) is 0.968. The molecular weight excluding hydrogens is 297 g/mol. The van der Waals surface area contributed by atoms with Crippen LogP contribution in [0.15, 0.2) is 24.3 Å². The van der Waals surface area contributed by atoms with Crippen LogP contribution >= 0.6 is 0 Å². The molecule has 5 heteroatoms. The Labute approximate surface area is 110 Å². The summed E-state index contributed by atoms with van der Waals surface area (Å²) in [5, 5.41) is 0. The summed E-state index contributed by atoms with van der Waals surface area (Å²) in [4.78, 5) is 0. The first-order valence-electron chi connectivity index (χ1n) is 6.23. The summed E-state index contributed by atoms with van der Waals surface area (Å²) >= 11 is -4.32. The van der Waals surface area contributed by atoms with Crippen molar-refractivity contribution < 1.29 is 12.4 Å². The van der Waals surface area contributed by atoms with E-state index < -0.39 is 12.9 Å². The van der Waals surface area contributed by atoms with E-state index in [1.165, 1.54) is 31.4 Å². The molecule has 102 valence electrons. The fourth-order valence-electron chi connectivity index (χ4n) is 1.60. The molecule has 0 amide bonds. The van der Waals surface area contributed by atoms with E-state index in [1.807, 2.05) is 0 Å². The zero-order valence-electron chi connectivity index (χ0n) is 10.8. The van der Waals surface area contributed by atoms with Crippen molar-refractivity contribution in [2.24, 2.45) is 4.75 Å². The van der Waals surface area contributed by atoms with Crippen molar-refractivity contribution in [2.75, 3.05) is 6.61 Å². The number of unbranched alkanes of at least 4 members (excludes halogenated alkanes) is 3. The van der Waals surface area contributed by atoms with Crippen LogP contribution in [0.3, 0.4) is 0 Å². The molecule has 0 aliphatic carbocycles. The standard InChI is InChI=1S/C13H21NO3Se/c1-2-3-4-5-10-17-11-12-6-8-13(9-7-12)18(14,15)16/h6-9H,2-5,10-11H2,1H3,(H2,14,15,16). The van der Waals surface area contributed by atoms with E-state index in [4.69, 9.17) is 9.49 Å². The van der Waals surface area contributed by atoms with Gasteiger partial charge in [-0.3, -0.25) is 0 Å². The number of hydrogen-bond donors (Lipinski definition) is 1. The molecule has 0 spiro atoms. The zero-order valence-corrected chi connectivity index (χ0v) is 12.5. The monoisotopic (exact) mass is 319 g/mol. The SMILES string of the molecule is CCCCCCOCc1ccc([Se](N)(=O)=O)cc1. The van der Waals surface area contributed by atoms with Crippen molar-refractivity contribution >= 4 is 17.4 Å². The molecule has 4 nitrogen and oxygen atoms in total. The predicted octanol–water partition coefficient (Wildman–Crippen LogP) is 1.75. The van der Waals surface area contributed by atoms with Gasteiger partial charge >= 0.3 is 110 Å². The van der Waals surface area contributed by atoms with Gasteiger partial charge in [0.1, 0.15) is 0 Å². The first-order chi connectivity index (χ1) is 8.54. The molecule has 1 aromatic rings. The molecule has 0 bridgehead atoms. The Morgan fingerprint density at radius 3 is 2.33 bits per heavy atom. The summed E-state index contributed by atoms with van der Waals surface area (Å²) in [6, 6.07) is 6.57. The maximum absolute atomic E-state index is 11.1. The summed E-state index contributed by atoms with van der Waals surface area (Å²) in [7, 11) is 0. The fourth-order valence-corrected chi connectivity index (χ4v) is 2.68. The molecule has 0 radical (unpaired) electrons. The van der Waals surface area contributed by atoms with Crippen LogP contribution in [0.2, 0.25) is 0 Å². The summed E-state index contributed by atoms with van der Waals surface area (Å²) < 4.78 is 33.1. The van der Waals surface area contributed by atoms with E-state index in [0.29, 0.717) is 6.61 Å². The Bertz CT molecular complexity index is 440. The summed E-state index contributed by atoms with van der Waals surface area (Å²) in [5.74, 6) is 0. The third-order valence-corrected chi connectivity index (χ3v) is 4.61. The fraction of sp³-hybridized carbons (Fsp3) is 0.538. The van der Waals surface area contributed by atoms with Crippen molar-refractivity contribution in [1.82, 2.24) is 0 Å².